The van der Waals surface area contributed by atoms with Crippen molar-refractivity contribution < 1.29 is 23.8 Å². The first-order valence-electron chi connectivity index (χ1n) is 10.5. The molecule has 8 heteroatoms. The zero-order valence-corrected chi connectivity index (χ0v) is 18.8. The smallest absolute Gasteiger partial charge is 0.300 e. The molecule has 1 N–H and O–H groups in total. The number of carbonyl (C=O) groups is 2. The Hall–Kier alpha value is -3.71. The Morgan fingerprint density at radius 1 is 1.12 bits per heavy atom. The molecule has 3 aromatic rings. The lowest BCUT2D eigenvalue weighted by Crippen LogP contribution is -2.30. The molecule has 2 aliphatic rings. The summed E-state index contributed by atoms with van der Waals surface area (Å²) in [5, 5.41) is 11.7. The lowest BCUT2D eigenvalue weighted by molar-refractivity contribution is -0.132. The lowest BCUT2D eigenvalue weighted by Gasteiger charge is -2.28. The minimum Gasteiger partial charge on any atom is -0.507 e. The van der Waals surface area contributed by atoms with Gasteiger partial charge in [-0.05, 0) is 55.0 Å². The minimum absolute atomic E-state index is 0.0475. The van der Waals surface area contributed by atoms with Crippen LogP contribution in [0, 0.1) is 6.92 Å². The number of likely N-dealkylation sites (N-methyl/N-ethyl adjacent to an activating group) is 1. The van der Waals surface area contributed by atoms with E-state index in [0.29, 0.717) is 40.9 Å². The summed E-state index contributed by atoms with van der Waals surface area (Å²) in [5.74, 6) is -0.789. The maximum Gasteiger partial charge on any atom is 0.300 e. The highest BCUT2D eigenvalue weighted by Gasteiger charge is 2.48. The van der Waals surface area contributed by atoms with Crippen LogP contribution >= 0.6 is 11.6 Å². The average molecular weight is 465 g/mol. The molecule has 168 valence electrons. The quantitative estimate of drug-likeness (QED) is 0.344. The van der Waals surface area contributed by atoms with E-state index in [1.54, 1.807) is 48.5 Å². The van der Waals surface area contributed by atoms with Gasteiger partial charge in [0.15, 0.2) is 0 Å². The number of fused-ring (bicyclic) bond motifs is 1. The van der Waals surface area contributed by atoms with Crippen LogP contribution in [0.25, 0.3) is 5.76 Å². The van der Waals surface area contributed by atoms with Gasteiger partial charge in [-0.15, -0.1) is 0 Å². The summed E-state index contributed by atoms with van der Waals surface area (Å²) in [6.45, 7) is 3.09. The van der Waals surface area contributed by atoms with E-state index in [4.69, 9.17) is 20.8 Å². The van der Waals surface area contributed by atoms with Crippen LogP contribution in [0.5, 0.6) is 5.75 Å². The summed E-state index contributed by atoms with van der Waals surface area (Å²) in [6, 6.07) is 12.7. The number of nitrogens with zero attached hydrogens (tertiary/aromatic N) is 2. The van der Waals surface area contributed by atoms with Gasteiger partial charge >= 0.3 is 0 Å². The topological polar surface area (TPSA) is 83.2 Å². The number of halogens is 1. The van der Waals surface area contributed by atoms with E-state index >= 15 is 0 Å². The second kappa shape index (κ2) is 8.01. The zero-order valence-electron chi connectivity index (χ0n) is 18.0. The van der Waals surface area contributed by atoms with Crippen LogP contribution in [-0.4, -0.2) is 37.0 Å². The molecule has 1 atom stereocenters. The van der Waals surface area contributed by atoms with Gasteiger partial charge in [-0.25, -0.2) is 0 Å². The van der Waals surface area contributed by atoms with Crippen LogP contribution < -0.4 is 14.5 Å². The molecule has 2 aliphatic heterocycles. The number of anilines is 2. The molecule has 1 amide bonds. The van der Waals surface area contributed by atoms with Gasteiger partial charge in [-0.1, -0.05) is 17.7 Å². The van der Waals surface area contributed by atoms with Crippen LogP contribution in [0.4, 0.5) is 11.4 Å². The third-order valence-electron chi connectivity index (χ3n) is 6.02. The number of amides is 1. The van der Waals surface area contributed by atoms with Crippen LogP contribution in [-0.2, 0) is 9.59 Å². The number of ketones is 1. The van der Waals surface area contributed by atoms with Crippen LogP contribution in [0.15, 0.2) is 64.8 Å². The molecule has 1 fully saturated rings. The van der Waals surface area contributed by atoms with E-state index in [1.807, 2.05) is 18.9 Å². The maximum absolute atomic E-state index is 13.2. The van der Waals surface area contributed by atoms with Crippen molar-refractivity contribution in [1.82, 2.24) is 0 Å². The second-order valence-electron chi connectivity index (χ2n) is 8.07. The zero-order chi connectivity index (χ0) is 23.3. The molecular formula is C25H21ClN2O5. The van der Waals surface area contributed by atoms with Gasteiger partial charge in [0.2, 0.25) is 0 Å². The van der Waals surface area contributed by atoms with E-state index in [2.05, 4.69) is 0 Å². The van der Waals surface area contributed by atoms with Gasteiger partial charge in [0.05, 0.1) is 24.1 Å². The van der Waals surface area contributed by atoms with Gasteiger partial charge in [0.25, 0.3) is 11.7 Å². The molecule has 0 aliphatic carbocycles. The van der Waals surface area contributed by atoms with Crippen LogP contribution in [0.2, 0.25) is 5.02 Å². The average Bonchev–Trinajstić information content (AvgIpc) is 3.42. The van der Waals surface area contributed by atoms with Crippen molar-refractivity contribution >= 4 is 40.4 Å². The third-order valence-corrected chi connectivity index (χ3v) is 6.25. The predicted octanol–water partition coefficient (Wildman–Crippen LogP) is 4.70. The molecule has 1 unspecified atom stereocenters. The van der Waals surface area contributed by atoms with Crippen LogP contribution in [0.1, 0.15) is 22.9 Å². The number of aryl methyl sites for hydroxylation is 1. The summed E-state index contributed by atoms with van der Waals surface area (Å²) >= 11 is 6.20. The largest absolute Gasteiger partial charge is 0.507 e. The Bertz CT molecular complexity index is 1300. The number of aliphatic hydroxyl groups is 1. The molecule has 1 saturated heterocycles. The number of hydrogen-bond acceptors (Lipinski definition) is 6. The van der Waals surface area contributed by atoms with E-state index in [0.717, 1.165) is 11.3 Å². The second-order valence-corrected chi connectivity index (χ2v) is 8.50. The predicted molar refractivity (Wildman–Crippen MR) is 125 cm³/mol. The molecule has 0 bridgehead atoms. The monoisotopic (exact) mass is 464 g/mol. The maximum atomic E-state index is 13.2. The number of benzene rings is 2. The van der Waals surface area contributed by atoms with Crippen molar-refractivity contribution in [3.63, 3.8) is 0 Å². The number of aliphatic hydroxyl groups excluding tert-OH is 1. The summed E-state index contributed by atoms with van der Waals surface area (Å²) in [6.07, 6.45) is 1.46. The Morgan fingerprint density at radius 3 is 2.70 bits per heavy atom. The first-order chi connectivity index (χ1) is 15.9. The van der Waals surface area contributed by atoms with Crippen molar-refractivity contribution in [1.29, 1.82) is 0 Å². The van der Waals surface area contributed by atoms with Gasteiger partial charge in [0.1, 0.15) is 29.9 Å². The summed E-state index contributed by atoms with van der Waals surface area (Å²) in [4.78, 5) is 29.8. The molecule has 7 nitrogen and oxygen atoms in total. The van der Waals surface area contributed by atoms with Crippen molar-refractivity contribution in [2.75, 3.05) is 30.0 Å². The molecule has 0 saturated carbocycles. The molecule has 5 rings (SSSR count). The Morgan fingerprint density at radius 2 is 1.94 bits per heavy atom. The fraction of sp³-hybridized carbons (Fsp3) is 0.200. The Balaban J connectivity index is 1.70. The molecule has 3 heterocycles. The lowest BCUT2D eigenvalue weighted by atomic mass is 9.98. The Kier molecular flexibility index (Phi) is 5.13. The minimum atomic E-state index is -0.942. The van der Waals surface area contributed by atoms with Gasteiger partial charge in [-0.2, -0.15) is 0 Å². The fourth-order valence-corrected chi connectivity index (χ4v) is 4.46. The van der Waals surface area contributed by atoms with E-state index in [9.17, 15) is 14.7 Å². The molecule has 33 heavy (non-hydrogen) atoms. The van der Waals surface area contributed by atoms with E-state index in [-0.39, 0.29) is 11.3 Å². The van der Waals surface area contributed by atoms with Crippen molar-refractivity contribution in [3.8, 4) is 5.75 Å². The highest BCUT2D eigenvalue weighted by molar-refractivity contribution is 6.52. The summed E-state index contributed by atoms with van der Waals surface area (Å²) in [5.41, 5.74) is 2.38. The fourth-order valence-electron chi connectivity index (χ4n) is 4.29. The summed E-state index contributed by atoms with van der Waals surface area (Å²) in [7, 11) is 1.93. The van der Waals surface area contributed by atoms with Crippen LogP contribution in [0.3, 0.4) is 0 Å². The van der Waals surface area contributed by atoms with Crippen molar-refractivity contribution in [2.45, 2.75) is 13.0 Å². The molecular weight excluding hydrogens is 444 g/mol. The summed E-state index contributed by atoms with van der Waals surface area (Å²) < 4.78 is 11.3. The first-order valence-corrected chi connectivity index (χ1v) is 10.8. The third kappa shape index (κ3) is 3.45. The molecule has 0 spiro atoms. The normalized spacial score (nSPS) is 19.5. The van der Waals surface area contributed by atoms with E-state index in [1.165, 1.54) is 11.2 Å². The molecule has 1 aromatic heterocycles. The number of furan rings is 1. The van der Waals surface area contributed by atoms with E-state index < -0.39 is 17.7 Å². The first kappa shape index (κ1) is 21.2. The highest BCUT2D eigenvalue weighted by Crippen LogP contribution is 2.44. The Labute approximate surface area is 195 Å². The van der Waals surface area contributed by atoms with Gasteiger partial charge in [-0.3, -0.25) is 14.5 Å². The number of hydrogen-bond donors (Lipinski definition) is 1. The number of rotatable bonds is 3. The van der Waals surface area contributed by atoms with Crippen molar-refractivity contribution in [2.24, 2.45) is 0 Å². The van der Waals surface area contributed by atoms with Gasteiger partial charge < -0.3 is 19.2 Å². The number of ether oxygens (including phenoxy) is 1. The SMILES string of the molecule is Cc1ccc(Cl)cc1N1C(=O)C(=O)/C(=C(\O)c2ccc3c(c2)N(C)CCO3)C1c1ccco1. The van der Waals surface area contributed by atoms with Crippen molar-refractivity contribution in [3.05, 3.63) is 82.3 Å². The number of Topliss-reactive ketones (excluding diaryl/α,β-unsaturated/α-hetero) is 1. The van der Waals surface area contributed by atoms with Gasteiger partial charge in [0, 0.05) is 23.3 Å². The molecule has 0 radical (unpaired) electrons. The highest BCUT2D eigenvalue weighted by atomic mass is 35.5. The number of carbonyl (C=O) groups excluding carboxylic acids is 2. The standard InChI is InChI=1S/C25H21ClN2O5/c1-14-5-7-16(26)13-17(14)28-22(20-4-3-10-32-20)21(24(30)25(28)31)23(29)15-6-8-19-18(12-15)27(2)9-11-33-19/h3-8,10,12-13,22,29H,9,11H2,1-2H3/b23-21-. The molecule has 2 aromatic carbocycles.